The molecule has 0 aliphatic carbocycles. The van der Waals surface area contributed by atoms with Crippen molar-refractivity contribution >= 4 is 23.0 Å². The lowest BCUT2D eigenvalue weighted by Crippen LogP contribution is -2.16. The topological polar surface area (TPSA) is 64.3 Å². The van der Waals surface area contributed by atoms with Crippen LogP contribution in [0.15, 0.2) is 96.0 Å². The predicted molar refractivity (Wildman–Crippen MR) is 108 cm³/mol. The zero-order chi connectivity index (χ0) is 19.3. The Kier molecular flexibility index (Phi) is 5.03. The van der Waals surface area contributed by atoms with E-state index >= 15 is 0 Å². The van der Waals surface area contributed by atoms with Gasteiger partial charge in [-0.25, -0.2) is 4.68 Å². The van der Waals surface area contributed by atoms with E-state index in [9.17, 15) is 9.59 Å². The number of rotatable bonds is 4. The van der Waals surface area contributed by atoms with Crippen LogP contribution in [0.1, 0.15) is 25.7 Å². The minimum atomic E-state index is -0.382. The maximum Gasteiger partial charge on any atom is 0.279 e. The molecule has 0 aliphatic heterocycles. The number of ketones is 1. The highest BCUT2D eigenvalue weighted by Crippen LogP contribution is 2.12. The van der Waals surface area contributed by atoms with Crippen LogP contribution in [0.4, 0.5) is 0 Å². The van der Waals surface area contributed by atoms with Crippen molar-refractivity contribution in [3.8, 4) is 5.69 Å². The molecule has 0 saturated carbocycles. The van der Waals surface area contributed by atoms with Crippen molar-refractivity contribution in [2.75, 3.05) is 0 Å². The average Bonchev–Trinajstić information content (AvgIpc) is 3.18. The number of hydrogen-bond donors (Lipinski definition) is 0. The van der Waals surface area contributed by atoms with E-state index in [1.54, 1.807) is 48.5 Å². The molecule has 4 aromatic rings. The first-order valence-corrected chi connectivity index (χ1v) is 9.43. The molecule has 3 aromatic carbocycles. The molecule has 0 aliphatic rings. The third-order valence-corrected chi connectivity index (χ3v) is 4.92. The number of nitrogens with zero attached hydrogens (tertiary/aromatic N) is 3. The molecular weight excluding hydrogens is 370 g/mol. The zero-order valence-electron chi connectivity index (χ0n) is 14.7. The van der Waals surface area contributed by atoms with Crippen LogP contribution in [0, 0.1) is 0 Å². The van der Waals surface area contributed by atoms with E-state index in [-0.39, 0.29) is 16.7 Å². The van der Waals surface area contributed by atoms with Gasteiger partial charge in [0.2, 0.25) is 10.6 Å². The standard InChI is InChI=1S/C22H15N3O2S/c26-19(16-10-4-1-5-11-16)21-24-25(18-14-8-3-9-15-18)22(28-21)23-20(27)17-12-6-2-7-13-17/h1-15H. The molecule has 0 fully saturated rings. The quantitative estimate of drug-likeness (QED) is 0.501. The van der Waals surface area contributed by atoms with E-state index in [0.717, 1.165) is 17.0 Å². The normalized spacial score (nSPS) is 11.4. The van der Waals surface area contributed by atoms with Crippen molar-refractivity contribution in [3.05, 3.63) is 112 Å². The first kappa shape index (κ1) is 17.8. The first-order chi connectivity index (χ1) is 13.7. The van der Waals surface area contributed by atoms with Gasteiger partial charge in [-0.05, 0) is 24.3 Å². The lowest BCUT2D eigenvalue weighted by atomic mass is 10.1. The molecule has 4 rings (SSSR count). The highest BCUT2D eigenvalue weighted by Gasteiger charge is 2.17. The fourth-order valence-corrected chi connectivity index (χ4v) is 3.50. The molecule has 0 spiro atoms. The lowest BCUT2D eigenvalue weighted by molar-refractivity contribution is 0.0996. The van der Waals surface area contributed by atoms with Crippen molar-refractivity contribution in [1.82, 2.24) is 9.78 Å². The van der Waals surface area contributed by atoms with Crippen LogP contribution in [0.3, 0.4) is 0 Å². The SMILES string of the molecule is O=C(N=c1sc(C(=O)c2ccccc2)nn1-c1ccccc1)c1ccccc1. The highest BCUT2D eigenvalue weighted by molar-refractivity contribution is 7.11. The van der Waals surface area contributed by atoms with E-state index in [1.807, 2.05) is 42.5 Å². The molecule has 0 atom stereocenters. The second kappa shape index (κ2) is 7.94. The van der Waals surface area contributed by atoms with E-state index in [2.05, 4.69) is 10.1 Å². The Bertz CT molecular complexity index is 1180. The summed E-state index contributed by atoms with van der Waals surface area (Å²) in [5.41, 5.74) is 1.74. The van der Waals surface area contributed by atoms with Gasteiger partial charge in [0.1, 0.15) is 0 Å². The Morgan fingerprint density at radius 3 is 1.89 bits per heavy atom. The molecule has 0 bridgehead atoms. The molecule has 28 heavy (non-hydrogen) atoms. The number of benzene rings is 3. The maximum atomic E-state index is 12.8. The van der Waals surface area contributed by atoms with Gasteiger partial charge in [0.15, 0.2) is 5.01 Å². The fraction of sp³-hybridized carbons (Fsp3) is 0. The van der Waals surface area contributed by atoms with Crippen molar-refractivity contribution in [3.63, 3.8) is 0 Å². The first-order valence-electron chi connectivity index (χ1n) is 8.62. The summed E-state index contributed by atoms with van der Waals surface area (Å²) >= 11 is 1.10. The predicted octanol–water partition coefficient (Wildman–Crippen LogP) is 3.91. The van der Waals surface area contributed by atoms with Crippen LogP contribution < -0.4 is 4.80 Å². The number of para-hydroxylation sites is 1. The number of hydrogen-bond acceptors (Lipinski definition) is 4. The van der Waals surface area contributed by atoms with Crippen LogP contribution in [0.5, 0.6) is 0 Å². The monoisotopic (exact) mass is 385 g/mol. The Labute approximate surface area is 165 Å². The number of carbonyl (C=O) groups is 2. The highest BCUT2D eigenvalue weighted by atomic mass is 32.1. The Morgan fingerprint density at radius 2 is 1.29 bits per heavy atom. The van der Waals surface area contributed by atoms with E-state index in [4.69, 9.17) is 0 Å². The number of aromatic nitrogens is 2. The Hall–Kier alpha value is -3.64. The molecule has 0 radical (unpaired) electrons. The van der Waals surface area contributed by atoms with Crippen molar-refractivity contribution in [2.45, 2.75) is 0 Å². The van der Waals surface area contributed by atoms with Gasteiger partial charge in [0.25, 0.3) is 5.91 Å². The maximum absolute atomic E-state index is 12.8. The van der Waals surface area contributed by atoms with Crippen LogP contribution in [0.2, 0.25) is 0 Å². The summed E-state index contributed by atoms with van der Waals surface area (Å²) in [7, 11) is 0. The summed E-state index contributed by atoms with van der Waals surface area (Å²) < 4.78 is 1.53. The summed E-state index contributed by atoms with van der Waals surface area (Å²) in [5, 5.41) is 4.72. The van der Waals surface area contributed by atoms with Crippen LogP contribution in [-0.4, -0.2) is 21.5 Å². The van der Waals surface area contributed by atoms with Crippen molar-refractivity contribution in [1.29, 1.82) is 0 Å². The van der Waals surface area contributed by atoms with Gasteiger partial charge in [-0.3, -0.25) is 9.59 Å². The van der Waals surface area contributed by atoms with Crippen molar-refractivity contribution < 1.29 is 9.59 Å². The molecule has 136 valence electrons. The molecule has 1 heterocycles. The lowest BCUT2D eigenvalue weighted by Gasteiger charge is -2.00. The molecule has 1 amide bonds. The minimum absolute atomic E-state index is 0.205. The Balaban J connectivity index is 1.83. The van der Waals surface area contributed by atoms with E-state index < -0.39 is 0 Å². The van der Waals surface area contributed by atoms with Gasteiger partial charge in [0, 0.05) is 11.1 Å². The summed E-state index contributed by atoms with van der Waals surface area (Å²) in [6, 6.07) is 27.1. The van der Waals surface area contributed by atoms with Crippen LogP contribution in [-0.2, 0) is 0 Å². The molecular formula is C22H15N3O2S. The van der Waals surface area contributed by atoms with E-state index in [0.29, 0.717) is 15.9 Å². The zero-order valence-corrected chi connectivity index (χ0v) is 15.5. The van der Waals surface area contributed by atoms with Crippen molar-refractivity contribution in [2.24, 2.45) is 4.99 Å². The second-order valence-corrected chi connectivity index (χ2v) is 6.87. The second-order valence-electron chi connectivity index (χ2n) is 5.92. The summed E-state index contributed by atoms with van der Waals surface area (Å²) in [5.74, 6) is -0.587. The summed E-state index contributed by atoms with van der Waals surface area (Å²) in [4.78, 5) is 29.9. The average molecular weight is 385 g/mol. The van der Waals surface area contributed by atoms with Crippen LogP contribution in [0.25, 0.3) is 5.69 Å². The molecule has 0 saturated heterocycles. The smallest absolute Gasteiger partial charge is 0.279 e. The summed E-state index contributed by atoms with van der Waals surface area (Å²) in [6.07, 6.45) is 0. The molecule has 5 nitrogen and oxygen atoms in total. The third-order valence-electron chi connectivity index (χ3n) is 4.01. The number of amides is 1. The minimum Gasteiger partial charge on any atom is -0.286 e. The van der Waals surface area contributed by atoms with Gasteiger partial charge in [-0.1, -0.05) is 78.1 Å². The largest absolute Gasteiger partial charge is 0.286 e. The van der Waals surface area contributed by atoms with Crippen LogP contribution >= 0.6 is 11.3 Å². The van der Waals surface area contributed by atoms with E-state index in [1.165, 1.54) is 4.68 Å². The molecule has 0 N–H and O–H groups in total. The fourth-order valence-electron chi connectivity index (χ4n) is 2.63. The van der Waals surface area contributed by atoms with Gasteiger partial charge in [-0.15, -0.1) is 0 Å². The molecule has 6 heteroatoms. The number of carbonyl (C=O) groups excluding carboxylic acids is 2. The molecule has 1 aromatic heterocycles. The van der Waals surface area contributed by atoms with Gasteiger partial charge in [0.05, 0.1) is 5.69 Å². The van der Waals surface area contributed by atoms with Gasteiger partial charge >= 0.3 is 0 Å². The Morgan fingerprint density at radius 1 is 0.750 bits per heavy atom. The summed E-state index contributed by atoms with van der Waals surface area (Å²) in [6.45, 7) is 0. The third kappa shape index (κ3) is 3.72. The van der Waals surface area contributed by atoms with Gasteiger partial charge in [-0.2, -0.15) is 10.1 Å². The molecule has 0 unspecified atom stereocenters. The van der Waals surface area contributed by atoms with Gasteiger partial charge < -0.3 is 0 Å².